The Balaban J connectivity index is 1.64. The molecule has 0 aromatic carbocycles. The van der Waals surface area contributed by atoms with Gasteiger partial charge in [0, 0.05) is 6.54 Å². The highest BCUT2D eigenvalue weighted by molar-refractivity contribution is 5.07. The van der Waals surface area contributed by atoms with Crippen molar-refractivity contribution in [3.8, 4) is 0 Å². The standard InChI is InChI=1S/C18H31N/c1-17-9-3-4-15(17)14-6-5-13-8-11-19-12-18(13,2)16(14)7-10-17/h13-16,19H,3-12H2,1-2H3/t13?,14-,15-,16-,17-,18-/m0/s1. The summed E-state index contributed by atoms with van der Waals surface area (Å²) in [5.74, 6) is 4.21. The van der Waals surface area contributed by atoms with Crippen molar-refractivity contribution in [3.05, 3.63) is 0 Å². The van der Waals surface area contributed by atoms with E-state index in [0.29, 0.717) is 5.41 Å². The lowest BCUT2D eigenvalue weighted by Crippen LogP contribution is -2.57. The largest absolute Gasteiger partial charge is 0.316 e. The Bertz CT molecular complexity index is 365. The molecule has 4 fully saturated rings. The van der Waals surface area contributed by atoms with E-state index >= 15 is 0 Å². The van der Waals surface area contributed by atoms with Gasteiger partial charge < -0.3 is 5.32 Å². The first-order chi connectivity index (χ1) is 9.13. The van der Waals surface area contributed by atoms with E-state index in [0.717, 1.165) is 29.1 Å². The molecular weight excluding hydrogens is 230 g/mol. The van der Waals surface area contributed by atoms with Crippen molar-refractivity contribution in [1.29, 1.82) is 0 Å². The van der Waals surface area contributed by atoms with Gasteiger partial charge >= 0.3 is 0 Å². The number of fused-ring (bicyclic) bond motifs is 5. The lowest BCUT2D eigenvalue weighted by molar-refractivity contribution is -0.0955. The maximum atomic E-state index is 3.73. The van der Waals surface area contributed by atoms with Gasteiger partial charge in [0.15, 0.2) is 0 Å². The lowest BCUT2D eigenvalue weighted by atomic mass is 9.47. The predicted octanol–water partition coefficient (Wildman–Crippen LogP) is 4.23. The normalized spacial score (nSPS) is 57.2. The molecule has 1 aliphatic heterocycles. The minimum atomic E-state index is 0.630. The van der Waals surface area contributed by atoms with Gasteiger partial charge in [0.05, 0.1) is 0 Å². The van der Waals surface area contributed by atoms with E-state index in [2.05, 4.69) is 19.2 Å². The van der Waals surface area contributed by atoms with Crippen molar-refractivity contribution >= 4 is 0 Å². The zero-order valence-corrected chi connectivity index (χ0v) is 12.9. The summed E-state index contributed by atoms with van der Waals surface area (Å²) < 4.78 is 0. The SMILES string of the molecule is C[C@@]12CCC[C@H]1[C@@H]1CCC3CCNC[C@]3(C)[C@H]1CC2. The second kappa shape index (κ2) is 4.23. The minimum absolute atomic E-state index is 0.630. The highest BCUT2D eigenvalue weighted by Gasteiger charge is 2.57. The fourth-order valence-corrected chi connectivity index (χ4v) is 6.91. The number of hydrogen-bond donors (Lipinski definition) is 1. The van der Waals surface area contributed by atoms with Gasteiger partial charge in [-0.25, -0.2) is 0 Å². The van der Waals surface area contributed by atoms with Crippen molar-refractivity contribution in [2.45, 2.75) is 65.2 Å². The van der Waals surface area contributed by atoms with Crippen molar-refractivity contribution in [2.75, 3.05) is 13.1 Å². The molecule has 1 unspecified atom stereocenters. The first-order valence-corrected chi connectivity index (χ1v) is 8.84. The molecule has 0 aromatic rings. The van der Waals surface area contributed by atoms with Crippen molar-refractivity contribution in [3.63, 3.8) is 0 Å². The molecule has 1 saturated heterocycles. The van der Waals surface area contributed by atoms with Crippen LogP contribution in [-0.2, 0) is 0 Å². The topological polar surface area (TPSA) is 12.0 Å². The highest BCUT2D eigenvalue weighted by atomic mass is 14.9. The Kier molecular flexibility index (Phi) is 2.82. The van der Waals surface area contributed by atoms with Gasteiger partial charge in [-0.1, -0.05) is 20.3 Å². The molecule has 1 N–H and O–H groups in total. The number of piperidine rings is 1. The first-order valence-electron chi connectivity index (χ1n) is 8.84. The van der Waals surface area contributed by atoms with E-state index in [1.165, 1.54) is 51.6 Å². The van der Waals surface area contributed by atoms with Gasteiger partial charge in [-0.3, -0.25) is 0 Å². The summed E-state index contributed by atoms with van der Waals surface area (Å²) in [6, 6.07) is 0. The molecule has 3 saturated carbocycles. The van der Waals surface area contributed by atoms with Gasteiger partial charge in [0.2, 0.25) is 0 Å². The van der Waals surface area contributed by atoms with Gasteiger partial charge in [-0.15, -0.1) is 0 Å². The summed E-state index contributed by atoms with van der Waals surface area (Å²) in [5, 5.41) is 3.73. The number of rotatable bonds is 0. The van der Waals surface area contributed by atoms with Crippen LogP contribution in [0.25, 0.3) is 0 Å². The molecule has 0 bridgehead atoms. The Morgan fingerprint density at radius 3 is 2.68 bits per heavy atom. The molecule has 6 atom stereocenters. The Morgan fingerprint density at radius 2 is 1.79 bits per heavy atom. The molecule has 1 heteroatoms. The summed E-state index contributed by atoms with van der Waals surface area (Å²) in [6.07, 6.45) is 12.2. The van der Waals surface area contributed by atoms with Crippen LogP contribution in [0.4, 0.5) is 0 Å². The minimum Gasteiger partial charge on any atom is -0.316 e. The second-order valence-electron chi connectivity index (χ2n) is 8.71. The van der Waals surface area contributed by atoms with E-state index in [1.807, 2.05) is 0 Å². The average molecular weight is 261 g/mol. The van der Waals surface area contributed by atoms with Crippen LogP contribution < -0.4 is 5.32 Å². The molecule has 4 aliphatic rings. The van der Waals surface area contributed by atoms with Gasteiger partial charge in [0.25, 0.3) is 0 Å². The maximum absolute atomic E-state index is 3.73. The predicted molar refractivity (Wildman–Crippen MR) is 80.0 cm³/mol. The van der Waals surface area contributed by atoms with Crippen LogP contribution in [0.15, 0.2) is 0 Å². The quantitative estimate of drug-likeness (QED) is 0.688. The van der Waals surface area contributed by atoms with Crippen LogP contribution in [-0.4, -0.2) is 13.1 Å². The van der Waals surface area contributed by atoms with Crippen LogP contribution in [0.5, 0.6) is 0 Å². The Labute approximate surface area is 118 Å². The second-order valence-corrected chi connectivity index (χ2v) is 8.71. The number of hydrogen-bond acceptors (Lipinski definition) is 1. The molecule has 3 aliphatic carbocycles. The van der Waals surface area contributed by atoms with Crippen molar-refractivity contribution < 1.29 is 0 Å². The molecule has 1 heterocycles. The first kappa shape index (κ1) is 12.7. The molecule has 1 nitrogen and oxygen atoms in total. The third-order valence-corrected chi connectivity index (χ3v) is 8.02. The molecule has 19 heavy (non-hydrogen) atoms. The summed E-state index contributed by atoms with van der Waals surface area (Å²) in [5.41, 5.74) is 1.36. The monoisotopic (exact) mass is 261 g/mol. The summed E-state index contributed by atoms with van der Waals surface area (Å²) in [6.45, 7) is 7.84. The van der Waals surface area contributed by atoms with Gasteiger partial charge in [0.1, 0.15) is 0 Å². The molecular formula is C18H31N. The van der Waals surface area contributed by atoms with Gasteiger partial charge in [-0.05, 0) is 86.0 Å². The van der Waals surface area contributed by atoms with Crippen LogP contribution in [0.2, 0.25) is 0 Å². The zero-order valence-electron chi connectivity index (χ0n) is 12.9. The van der Waals surface area contributed by atoms with Crippen LogP contribution >= 0.6 is 0 Å². The molecule has 0 spiro atoms. The van der Waals surface area contributed by atoms with E-state index in [4.69, 9.17) is 0 Å². The fraction of sp³-hybridized carbons (Fsp3) is 1.00. The van der Waals surface area contributed by atoms with E-state index < -0.39 is 0 Å². The average Bonchev–Trinajstić information content (AvgIpc) is 2.79. The third-order valence-electron chi connectivity index (χ3n) is 8.02. The van der Waals surface area contributed by atoms with E-state index in [1.54, 1.807) is 12.8 Å². The van der Waals surface area contributed by atoms with Crippen molar-refractivity contribution in [1.82, 2.24) is 5.32 Å². The summed E-state index contributed by atoms with van der Waals surface area (Å²) in [4.78, 5) is 0. The summed E-state index contributed by atoms with van der Waals surface area (Å²) >= 11 is 0. The van der Waals surface area contributed by atoms with Crippen LogP contribution in [0, 0.1) is 34.5 Å². The Morgan fingerprint density at radius 1 is 0.895 bits per heavy atom. The molecule has 0 radical (unpaired) electrons. The molecule has 0 amide bonds. The fourth-order valence-electron chi connectivity index (χ4n) is 6.91. The molecule has 0 aromatic heterocycles. The lowest BCUT2D eigenvalue weighted by Gasteiger charge is -2.60. The van der Waals surface area contributed by atoms with E-state index in [9.17, 15) is 0 Å². The Hall–Kier alpha value is -0.0400. The van der Waals surface area contributed by atoms with Crippen molar-refractivity contribution in [2.24, 2.45) is 34.5 Å². The molecule has 4 rings (SSSR count). The van der Waals surface area contributed by atoms with E-state index in [-0.39, 0.29) is 0 Å². The van der Waals surface area contributed by atoms with Gasteiger partial charge in [-0.2, -0.15) is 0 Å². The molecule has 108 valence electrons. The smallest absolute Gasteiger partial charge is 0.00106 e. The zero-order chi connectivity index (χ0) is 13.1. The highest BCUT2D eigenvalue weighted by Crippen LogP contribution is 2.64. The van der Waals surface area contributed by atoms with Crippen LogP contribution in [0.1, 0.15) is 65.2 Å². The third kappa shape index (κ3) is 1.69. The summed E-state index contributed by atoms with van der Waals surface area (Å²) in [7, 11) is 0. The van der Waals surface area contributed by atoms with Crippen LogP contribution in [0.3, 0.4) is 0 Å². The maximum Gasteiger partial charge on any atom is 0.00106 e. The number of nitrogens with one attached hydrogen (secondary N) is 1.